The smallest absolute Gasteiger partial charge is 0.266 e. The molecule has 5 heteroatoms. The fourth-order valence-corrected chi connectivity index (χ4v) is 1.47. The number of nitrogens with zero attached hydrogens (tertiary/aromatic N) is 2. The molecule has 1 N–H and O–H groups in total. The van der Waals surface area contributed by atoms with Crippen LogP contribution in [0.1, 0.15) is 5.56 Å². The molecule has 1 amide bonds. The summed E-state index contributed by atoms with van der Waals surface area (Å²) >= 11 is 0. The van der Waals surface area contributed by atoms with E-state index in [0.29, 0.717) is 5.56 Å². The largest absolute Gasteiger partial charge is 0.305 e. The van der Waals surface area contributed by atoms with E-state index in [1.807, 2.05) is 18.2 Å². The van der Waals surface area contributed by atoms with Crippen molar-refractivity contribution in [2.24, 2.45) is 5.10 Å². The Kier molecular flexibility index (Phi) is 4.34. The molecule has 0 atom stereocenters. The van der Waals surface area contributed by atoms with Crippen molar-refractivity contribution in [3.05, 3.63) is 66.2 Å². The van der Waals surface area contributed by atoms with Crippen LogP contribution in [0, 0.1) is 5.82 Å². The van der Waals surface area contributed by atoms with Gasteiger partial charge in [0.1, 0.15) is 5.82 Å². The molecule has 0 spiro atoms. The number of nitrogens with one attached hydrogen (secondary N) is 1. The van der Waals surface area contributed by atoms with Crippen LogP contribution in [-0.2, 0) is 11.3 Å². The minimum absolute atomic E-state index is 0.196. The average Bonchev–Trinajstić information content (AvgIpc) is 2.42. The highest BCUT2D eigenvalue weighted by Gasteiger charge is 2.06. The van der Waals surface area contributed by atoms with Crippen LogP contribution in [0.2, 0.25) is 0 Å². The normalized spacial score (nSPS) is 10.6. The lowest BCUT2D eigenvalue weighted by atomic mass is 10.2. The minimum Gasteiger partial charge on any atom is -0.266 e. The third kappa shape index (κ3) is 4.31. The lowest BCUT2D eigenvalue weighted by Gasteiger charge is -1.96. The summed E-state index contributed by atoms with van der Waals surface area (Å²) in [4.78, 5) is 11.6. The lowest BCUT2D eigenvalue weighted by Crippen LogP contribution is -2.40. The summed E-state index contributed by atoms with van der Waals surface area (Å²) in [7, 11) is 0. The maximum Gasteiger partial charge on any atom is 0.305 e. The van der Waals surface area contributed by atoms with Crippen LogP contribution >= 0.6 is 0 Å². The number of hydrogen-bond donors (Lipinski definition) is 1. The Hall–Kier alpha value is -2.56. The average molecular weight is 258 g/mol. The fourth-order valence-electron chi connectivity index (χ4n) is 1.47. The van der Waals surface area contributed by atoms with Gasteiger partial charge >= 0.3 is 5.91 Å². The van der Waals surface area contributed by atoms with E-state index in [9.17, 15) is 9.18 Å². The molecular weight excluding hydrogens is 245 g/mol. The van der Waals surface area contributed by atoms with Gasteiger partial charge in [-0.2, -0.15) is 9.67 Å². The summed E-state index contributed by atoms with van der Waals surface area (Å²) in [5, 5.41) is 3.81. The monoisotopic (exact) mass is 258 g/mol. The number of aromatic nitrogens is 1. The second-order valence-electron chi connectivity index (χ2n) is 3.89. The van der Waals surface area contributed by atoms with Gasteiger partial charge in [0.25, 0.3) is 0 Å². The number of carbonyl (C=O) groups excluding carboxylic acids is 1. The molecule has 1 aromatic carbocycles. The molecular formula is C14H13FN3O+. The van der Waals surface area contributed by atoms with E-state index in [0.717, 1.165) is 0 Å². The van der Waals surface area contributed by atoms with Crippen LogP contribution in [0.5, 0.6) is 0 Å². The molecule has 2 aromatic rings. The third-order valence-corrected chi connectivity index (χ3v) is 2.38. The van der Waals surface area contributed by atoms with Gasteiger partial charge in [-0.05, 0) is 17.7 Å². The first-order valence-corrected chi connectivity index (χ1v) is 5.75. The summed E-state index contributed by atoms with van der Waals surface area (Å²) in [5.41, 5.74) is 3.13. The number of hydrogen-bond acceptors (Lipinski definition) is 2. The highest BCUT2D eigenvalue weighted by molar-refractivity contribution is 5.81. The first-order chi connectivity index (χ1) is 9.24. The van der Waals surface area contributed by atoms with Crippen LogP contribution in [0.15, 0.2) is 60.0 Å². The van der Waals surface area contributed by atoms with Crippen LogP contribution in [0.3, 0.4) is 0 Å². The number of benzene rings is 1. The maximum atomic E-state index is 12.7. The topological polar surface area (TPSA) is 45.3 Å². The standard InChI is InChI=1S/C14H12FN3O/c15-13-6-4-12(5-7-13)10-16-17-14(19)11-18-8-2-1-3-9-18/h1-10H,11H2/p+1/b16-10+. The van der Waals surface area contributed by atoms with Gasteiger partial charge in [0.2, 0.25) is 6.54 Å². The van der Waals surface area contributed by atoms with Gasteiger partial charge in [0.05, 0.1) is 6.21 Å². The molecule has 0 saturated heterocycles. The van der Waals surface area contributed by atoms with Gasteiger partial charge in [-0.1, -0.05) is 18.2 Å². The summed E-state index contributed by atoms with van der Waals surface area (Å²) in [6.07, 6.45) is 5.06. The third-order valence-electron chi connectivity index (χ3n) is 2.38. The molecule has 2 rings (SSSR count). The summed E-state index contributed by atoms with van der Waals surface area (Å²) < 4.78 is 14.4. The van der Waals surface area contributed by atoms with E-state index in [1.165, 1.54) is 18.3 Å². The van der Waals surface area contributed by atoms with Gasteiger partial charge in [-0.25, -0.2) is 9.82 Å². The first-order valence-electron chi connectivity index (χ1n) is 5.75. The molecule has 0 aliphatic rings. The van der Waals surface area contributed by atoms with Gasteiger partial charge in [0, 0.05) is 12.1 Å². The van der Waals surface area contributed by atoms with Gasteiger partial charge in [0.15, 0.2) is 12.4 Å². The van der Waals surface area contributed by atoms with E-state index in [1.54, 1.807) is 29.1 Å². The number of rotatable bonds is 4. The number of hydrazone groups is 1. The van der Waals surface area contributed by atoms with Crippen LogP contribution in [0.4, 0.5) is 4.39 Å². The number of carbonyl (C=O) groups is 1. The molecule has 1 aromatic heterocycles. The van der Waals surface area contributed by atoms with E-state index in [-0.39, 0.29) is 18.3 Å². The Balaban J connectivity index is 1.85. The van der Waals surface area contributed by atoms with Crippen LogP contribution in [-0.4, -0.2) is 12.1 Å². The zero-order valence-electron chi connectivity index (χ0n) is 10.2. The van der Waals surface area contributed by atoms with E-state index in [2.05, 4.69) is 10.5 Å². The minimum atomic E-state index is -0.304. The molecule has 4 nitrogen and oxygen atoms in total. The lowest BCUT2D eigenvalue weighted by molar-refractivity contribution is -0.684. The van der Waals surface area contributed by atoms with E-state index < -0.39 is 0 Å². The fraction of sp³-hybridized carbons (Fsp3) is 0.0714. The predicted octanol–water partition coefficient (Wildman–Crippen LogP) is 1.26. The Labute approximate surface area is 110 Å². The molecule has 1 heterocycles. The van der Waals surface area contributed by atoms with Crippen molar-refractivity contribution in [1.82, 2.24) is 5.43 Å². The number of halogens is 1. The predicted molar refractivity (Wildman–Crippen MR) is 68.8 cm³/mol. The zero-order chi connectivity index (χ0) is 13.5. The number of amides is 1. The molecule has 0 radical (unpaired) electrons. The first kappa shape index (κ1) is 12.9. The van der Waals surface area contributed by atoms with Gasteiger partial charge in [-0.3, -0.25) is 4.79 Å². The van der Waals surface area contributed by atoms with E-state index >= 15 is 0 Å². The highest BCUT2D eigenvalue weighted by Crippen LogP contribution is 1.99. The Bertz CT molecular complexity index is 567. The molecule has 0 unspecified atom stereocenters. The van der Waals surface area contributed by atoms with Gasteiger partial charge in [-0.15, -0.1) is 0 Å². The van der Waals surface area contributed by atoms with Crippen molar-refractivity contribution in [1.29, 1.82) is 0 Å². The van der Waals surface area contributed by atoms with E-state index in [4.69, 9.17) is 0 Å². The molecule has 0 aliphatic carbocycles. The van der Waals surface area contributed by atoms with Crippen molar-refractivity contribution in [3.63, 3.8) is 0 Å². The molecule has 0 bridgehead atoms. The number of pyridine rings is 1. The van der Waals surface area contributed by atoms with Crippen molar-refractivity contribution in [2.75, 3.05) is 0 Å². The second-order valence-corrected chi connectivity index (χ2v) is 3.89. The van der Waals surface area contributed by atoms with Crippen molar-refractivity contribution >= 4 is 12.1 Å². The second kappa shape index (κ2) is 6.39. The molecule has 19 heavy (non-hydrogen) atoms. The molecule has 0 fully saturated rings. The Morgan fingerprint density at radius 3 is 2.58 bits per heavy atom. The summed E-state index contributed by atoms with van der Waals surface area (Å²) in [6, 6.07) is 11.4. The molecule has 96 valence electrons. The van der Waals surface area contributed by atoms with Crippen molar-refractivity contribution in [3.8, 4) is 0 Å². The molecule has 0 aliphatic heterocycles. The SMILES string of the molecule is O=C(C[n+]1ccccc1)N/N=C/c1ccc(F)cc1. The summed E-state index contributed by atoms with van der Waals surface area (Å²) in [5.74, 6) is -0.531. The Morgan fingerprint density at radius 1 is 1.21 bits per heavy atom. The zero-order valence-corrected chi connectivity index (χ0v) is 10.2. The van der Waals surface area contributed by atoms with Gasteiger partial charge < -0.3 is 0 Å². The van der Waals surface area contributed by atoms with Crippen LogP contribution < -0.4 is 9.99 Å². The Morgan fingerprint density at radius 2 is 1.89 bits per heavy atom. The quantitative estimate of drug-likeness (QED) is 0.501. The maximum absolute atomic E-state index is 12.7. The summed E-state index contributed by atoms with van der Waals surface area (Å²) in [6.45, 7) is 0.196. The molecule has 0 saturated carbocycles. The highest BCUT2D eigenvalue weighted by atomic mass is 19.1. The van der Waals surface area contributed by atoms with Crippen molar-refractivity contribution in [2.45, 2.75) is 6.54 Å². The van der Waals surface area contributed by atoms with Crippen molar-refractivity contribution < 1.29 is 13.8 Å². The van der Waals surface area contributed by atoms with Crippen LogP contribution in [0.25, 0.3) is 0 Å².